The monoisotopic (exact) mass is 461 g/mol. The van der Waals surface area contributed by atoms with Gasteiger partial charge in [0, 0.05) is 38.9 Å². The van der Waals surface area contributed by atoms with E-state index in [2.05, 4.69) is 37.9 Å². The SMILES string of the molecule is CCC(C)C(C(CC=O)OC)N(C)C(=O)[C@H](C)C(C(C)C)N(C)Cc1ccc(NC=O)cc1. The summed E-state index contributed by atoms with van der Waals surface area (Å²) in [6.45, 7) is 11.1. The largest absolute Gasteiger partial charge is 0.379 e. The van der Waals surface area contributed by atoms with E-state index in [1.165, 1.54) is 0 Å². The van der Waals surface area contributed by atoms with Gasteiger partial charge in [-0.05, 0) is 36.6 Å². The fourth-order valence-electron chi connectivity index (χ4n) is 4.96. The summed E-state index contributed by atoms with van der Waals surface area (Å²) in [6.07, 6.45) is 2.35. The molecule has 1 N–H and O–H groups in total. The minimum absolute atomic E-state index is 0.0253. The molecule has 0 aliphatic carbocycles. The Morgan fingerprint density at radius 2 is 1.67 bits per heavy atom. The third kappa shape index (κ3) is 7.93. The number of carbonyl (C=O) groups excluding carboxylic acids is 3. The van der Waals surface area contributed by atoms with Crippen LogP contribution in [0.1, 0.15) is 53.0 Å². The highest BCUT2D eigenvalue weighted by atomic mass is 16.5. The van der Waals surface area contributed by atoms with Crippen LogP contribution in [0, 0.1) is 17.8 Å². The van der Waals surface area contributed by atoms with Crippen LogP contribution in [0.5, 0.6) is 0 Å². The summed E-state index contributed by atoms with van der Waals surface area (Å²) in [5, 5.41) is 2.65. The summed E-state index contributed by atoms with van der Waals surface area (Å²) >= 11 is 0. The molecule has 1 aromatic carbocycles. The molecule has 0 radical (unpaired) electrons. The fraction of sp³-hybridized carbons (Fsp3) is 0.654. The average Bonchev–Trinajstić information content (AvgIpc) is 2.78. The molecular weight excluding hydrogens is 418 g/mol. The first-order valence-electron chi connectivity index (χ1n) is 11.8. The highest BCUT2D eigenvalue weighted by Crippen LogP contribution is 2.27. The van der Waals surface area contributed by atoms with Gasteiger partial charge in [0.05, 0.1) is 18.1 Å². The number of likely N-dealkylation sites (N-methyl/N-ethyl adjacent to an activating group) is 1. The first-order valence-corrected chi connectivity index (χ1v) is 11.8. The normalized spacial score (nSPS) is 16.1. The van der Waals surface area contributed by atoms with Crippen LogP contribution >= 0.6 is 0 Å². The smallest absolute Gasteiger partial charge is 0.227 e. The summed E-state index contributed by atoms with van der Waals surface area (Å²) in [6, 6.07) is 7.58. The zero-order valence-corrected chi connectivity index (χ0v) is 21.6. The second kappa shape index (κ2) is 14.1. The predicted molar refractivity (Wildman–Crippen MR) is 133 cm³/mol. The lowest BCUT2D eigenvalue weighted by atomic mass is 9.86. The molecule has 4 unspecified atom stereocenters. The predicted octanol–water partition coefficient (Wildman–Crippen LogP) is 3.82. The van der Waals surface area contributed by atoms with Crippen LogP contribution < -0.4 is 5.32 Å². The van der Waals surface area contributed by atoms with Crippen molar-refractivity contribution in [3.63, 3.8) is 0 Å². The van der Waals surface area contributed by atoms with Crippen LogP contribution in [0.25, 0.3) is 0 Å². The van der Waals surface area contributed by atoms with Gasteiger partial charge in [-0.25, -0.2) is 0 Å². The third-order valence-corrected chi connectivity index (χ3v) is 6.74. The molecule has 0 heterocycles. The Hall–Kier alpha value is -2.25. The number of anilines is 1. The second-order valence-electron chi connectivity index (χ2n) is 9.40. The first kappa shape index (κ1) is 28.8. The molecule has 0 aliphatic heterocycles. The lowest BCUT2D eigenvalue weighted by Crippen LogP contribution is -2.54. The molecule has 1 aromatic rings. The number of methoxy groups -OCH3 is 1. The molecule has 1 rings (SSSR count). The van der Waals surface area contributed by atoms with Gasteiger partial charge >= 0.3 is 0 Å². The number of benzene rings is 1. The lowest BCUT2D eigenvalue weighted by Gasteiger charge is -2.41. The van der Waals surface area contributed by atoms with Gasteiger partial charge in [-0.1, -0.05) is 53.2 Å². The molecule has 0 saturated heterocycles. The zero-order chi connectivity index (χ0) is 25.1. The average molecular weight is 462 g/mol. The van der Waals surface area contributed by atoms with Crippen LogP contribution in [0.3, 0.4) is 0 Å². The number of aldehydes is 1. The molecule has 33 heavy (non-hydrogen) atoms. The Morgan fingerprint density at radius 1 is 1.06 bits per heavy atom. The van der Waals surface area contributed by atoms with Gasteiger partial charge in [-0.2, -0.15) is 0 Å². The molecule has 0 bridgehead atoms. The molecule has 0 aliphatic rings. The maximum atomic E-state index is 13.7. The van der Waals surface area contributed by atoms with E-state index in [1.807, 2.05) is 45.3 Å². The standard InChI is InChI=1S/C26H43N3O4/c1-9-19(4)25(23(33-8)14-15-30)29(7)26(32)20(5)24(18(2)3)28(6)16-21-10-12-22(13-11-21)27-17-31/h10-13,15,17-20,23-25H,9,14,16H2,1-8H3,(H,27,31)/t19?,20-,23?,24?,25?/m1/s1. The van der Waals surface area contributed by atoms with Crippen molar-refractivity contribution in [2.75, 3.05) is 26.5 Å². The van der Waals surface area contributed by atoms with E-state index < -0.39 is 0 Å². The van der Waals surface area contributed by atoms with Gasteiger partial charge in [0.2, 0.25) is 12.3 Å². The summed E-state index contributed by atoms with van der Waals surface area (Å²) < 4.78 is 5.63. The van der Waals surface area contributed by atoms with Crippen molar-refractivity contribution < 1.29 is 19.1 Å². The van der Waals surface area contributed by atoms with Gasteiger partial charge in [0.15, 0.2) is 0 Å². The van der Waals surface area contributed by atoms with Crippen molar-refractivity contribution in [1.29, 1.82) is 0 Å². The molecule has 7 nitrogen and oxygen atoms in total. The second-order valence-corrected chi connectivity index (χ2v) is 9.40. The van der Waals surface area contributed by atoms with Crippen molar-refractivity contribution in [3.8, 4) is 0 Å². The number of carbonyl (C=O) groups is 3. The van der Waals surface area contributed by atoms with E-state index >= 15 is 0 Å². The minimum atomic E-state index is -0.327. The molecule has 0 aromatic heterocycles. The number of hydrogen-bond donors (Lipinski definition) is 1. The van der Waals surface area contributed by atoms with Crippen LogP contribution in [0.15, 0.2) is 24.3 Å². The summed E-state index contributed by atoms with van der Waals surface area (Å²) in [7, 11) is 5.48. The Balaban J connectivity index is 3.07. The van der Waals surface area contributed by atoms with Crippen LogP contribution in [0.4, 0.5) is 5.69 Å². The highest BCUT2D eigenvalue weighted by Gasteiger charge is 2.37. The number of rotatable bonds is 15. The Labute approximate surface area is 199 Å². The van der Waals surface area contributed by atoms with Crippen molar-refractivity contribution in [1.82, 2.24) is 9.80 Å². The molecule has 0 fully saturated rings. The molecular formula is C26H43N3O4. The van der Waals surface area contributed by atoms with E-state index in [-0.39, 0.29) is 48.3 Å². The maximum absolute atomic E-state index is 13.7. The van der Waals surface area contributed by atoms with Crippen LogP contribution in [0.2, 0.25) is 0 Å². The minimum Gasteiger partial charge on any atom is -0.379 e. The van der Waals surface area contributed by atoms with Gasteiger partial charge in [0.25, 0.3) is 0 Å². The van der Waals surface area contributed by atoms with E-state index in [9.17, 15) is 14.4 Å². The number of nitrogens with zero attached hydrogens (tertiary/aromatic N) is 2. The summed E-state index contributed by atoms with van der Waals surface area (Å²) in [4.78, 5) is 39.5. The number of ether oxygens (including phenoxy) is 1. The quantitative estimate of drug-likeness (QED) is 0.402. The lowest BCUT2D eigenvalue weighted by molar-refractivity contribution is -0.144. The topological polar surface area (TPSA) is 79.0 Å². The number of hydrogen-bond acceptors (Lipinski definition) is 5. The van der Waals surface area contributed by atoms with E-state index in [0.717, 1.165) is 24.0 Å². The number of amides is 2. The van der Waals surface area contributed by atoms with Gasteiger partial charge in [0.1, 0.15) is 6.29 Å². The Morgan fingerprint density at radius 3 is 2.12 bits per heavy atom. The van der Waals surface area contributed by atoms with Crippen molar-refractivity contribution in [3.05, 3.63) is 29.8 Å². The van der Waals surface area contributed by atoms with Crippen molar-refractivity contribution in [2.45, 2.75) is 72.2 Å². The van der Waals surface area contributed by atoms with Crippen molar-refractivity contribution >= 4 is 24.3 Å². The molecule has 2 amide bonds. The van der Waals surface area contributed by atoms with Crippen molar-refractivity contribution in [2.24, 2.45) is 17.8 Å². The van der Waals surface area contributed by atoms with Gasteiger partial charge < -0.3 is 19.7 Å². The number of nitrogens with one attached hydrogen (secondary N) is 1. The van der Waals surface area contributed by atoms with Gasteiger partial charge in [-0.15, -0.1) is 0 Å². The molecule has 186 valence electrons. The van der Waals surface area contributed by atoms with E-state index in [4.69, 9.17) is 4.74 Å². The summed E-state index contributed by atoms with van der Waals surface area (Å²) in [5.74, 6) is 0.277. The molecule has 0 spiro atoms. The third-order valence-electron chi connectivity index (χ3n) is 6.74. The Kier molecular flexibility index (Phi) is 12.3. The first-order chi connectivity index (χ1) is 15.6. The molecule has 7 heteroatoms. The Bertz CT molecular complexity index is 738. The summed E-state index contributed by atoms with van der Waals surface area (Å²) in [5.41, 5.74) is 1.86. The fourth-order valence-corrected chi connectivity index (χ4v) is 4.96. The van der Waals surface area contributed by atoms with Crippen LogP contribution in [-0.4, -0.2) is 67.8 Å². The highest BCUT2D eigenvalue weighted by molar-refractivity contribution is 5.79. The maximum Gasteiger partial charge on any atom is 0.227 e. The molecule has 5 atom stereocenters. The van der Waals surface area contributed by atoms with E-state index in [0.29, 0.717) is 13.0 Å². The zero-order valence-electron chi connectivity index (χ0n) is 21.6. The van der Waals surface area contributed by atoms with E-state index in [1.54, 1.807) is 12.0 Å². The molecule has 0 saturated carbocycles. The van der Waals surface area contributed by atoms with Gasteiger partial charge in [-0.3, -0.25) is 14.5 Å². The van der Waals surface area contributed by atoms with Crippen LogP contribution in [-0.2, 0) is 25.7 Å².